The lowest BCUT2D eigenvalue weighted by molar-refractivity contribution is 0.0601. The van der Waals surface area contributed by atoms with E-state index >= 15 is 0 Å². The van der Waals surface area contributed by atoms with Crippen LogP contribution in [0.3, 0.4) is 0 Å². The van der Waals surface area contributed by atoms with Gasteiger partial charge in [-0.2, -0.15) is 0 Å². The molecule has 2 rings (SSSR count). The first-order valence-corrected chi connectivity index (χ1v) is 8.85. The third kappa shape index (κ3) is 4.58. The molecule has 0 aromatic heterocycles. The number of ether oxygens (including phenoxy) is 1. The molecule has 1 aliphatic carbocycles. The lowest BCUT2D eigenvalue weighted by Crippen LogP contribution is -2.39. The van der Waals surface area contributed by atoms with Crippen LogP contribution in [0.15, 0.2) is 23.1 Å². The summed E-state index contributed by atoms with van der Waals surface area (Å²) in [5.41, 5.74) is 5.80. The Bertz CT molecular complexity index is 667. The molecule has 3 N–H and O–H groups in total. The van der Waals surface area contributed by atoms with Gasteiger partial charge in [0.25, 0.3) is 0 Å². The standard InChI is InChI=1S/C14H19ClN2O4S.ClH/c1-21-14(18)11-6-5-10(7-12(11)15)22(19,20)17-13-4-2-3-9(13)8-16;/h5-7,9,13,17H,2-4,8,16H2,1H3;1H. The SMILES string of the molecule is COC(=O)c1ccc(S(=O)(=O)NC2CCCC2CN)cc1Cl.Cl. The third-order valence-corrected chi connectivity index (χ3v) is 5.72. The summed E-state index contributed by atoms with van der Waals surface area (Å²) in [6.45, 7) is 0.454. The van der Waals surface area contributed by atoms with Gasteiger partial charge in [-0.05, 0) is 43.5 Å². The van der Waals surface area contributed by atoms with Crippen molar-refractivity contribution in [3.05, 3.63) is 28.8 Å². The van der Waals surface area contributed by atoms with E-state index in [-0.39, 0.29) is 39.8 Å². The van der Waals surface area contributed by atoms with Crippen LogP contribution in [-0.2, 0) is 14.8 Å². The molecular formula is C14H20Cl2N2O4S. The Morgan fingerprint density at radius 2 is 2.13 bits per heavy atom. The van der Waals surface area contributed by atoms with E-state index in [1.54, 1.807) is 0 Å². The van der Waals surface area contributed by atoms with Crippen LogP contribution < -0.4 is 10.5 Å². The van der Waals surface area contributed by atoms with Crippen molar-refractivity contribution in [3.8, 4) is 0 Å². The molecule has 9 heteroatoms. The number of halogens is 2. The van der Waals surface area contributed by atoms with Crippen LogP contribution in [-0.4, -0.2) is 34.1 Å². The van der Waals surface area contributed by atoms with Crippen molar-refractivity contribution in [1.29, 1.82) is 0 Å². The molecule has 0 heterocycles. The summed E-state index contributed by atoms with van der Waals surface area (Å²) in [4.78, 5) is 11.5. The van der Waals surface area contributed by atoms with Crippen LogP contribution >= 0.6 is 24.0 Å². The summed E-state index contributed by atoms with van der Waals surface area (Å²) in [6.07, 6.45) is 2.65. The molecule has 1 aromatic rings. The summed E-state index contributed by atoms with van der Waals surface area (Å²) in [6, 6.07) is 3.78. The Hall–Kier alpha value is -0.860. The van der Waals surface area contributed by atoms with Gasteiger partial charge >= 0.3 is 5.97 Å². The predicted octanol–water partition coefficient (Wildman–Crippen LogP) is 1.95. The highest BCUT2D eigenvalue weighted by molar-refractivity contribution is 7.89. The first kappa shape index (κ1) is 20.2. The van der Waals surface area contributed by atoms with E-state index in [4.69, 9.17) is 17.3 Å². The fourth-order valence-electron chi connectivity index (χ4n) is 2.68. The van der Waals surface area contributed by atoms with Crippen LogP contribution in [0.5, 0.6) is 0 Å². The Labute approximate surface area is 147 Å². The van der Waals surface area contributed by atoms with Gasteiger partial charge in [0.05, 0.1) is 22.6 Å². The zero-order valence-electron chi connectivity index (χ0n) is 12.6. The Balaban J connectivity index is 0.00000264. The minimum atomic E-state index is -3.70. The van der Waals surface area contributed by atoms with Crippen molar-refractivity contribution >= 4 is 40.0 Å². The highest BCUT2D eigenvalue weighted by Crippen LogP contribution is 2.27. The molecule has 1 aliphatic rings. The van der Waals surface area contributed by atoms with Crippen LogP contribution in [0, 0.1) is 5.92 Å². The number of rotatable bonds is 5. The number of carbonyl (C=O) groups is 1. The molecule has 0 bridgehead atoms. The molecule has 23 heavy (non-hydrogen) atoms. The Kier molecular flexibility index (Phi) is 7.29. The number of benzene rings is 1. The number of nitrogens with two attached hydrogens (primary N) is 1. The average molecular weight is 383 g/mol. The maximum atomic E-state index is 12.4. The number of esters is 1. The minimum Gasteiger partial charge on any atom is -0.465 e. The molecule has 0 saturated heterocycles. The average Bonchev–Trinajstić information content (AvgIpc) is 2.92. The highest BCUT2D eigenvalue weighted by atomic mass is 35.5. The van der Waals surface area contributed by atoms with Gasteiger partial charge in [0.1, 0.15) is 0 Å². The molecule has 0 aliphatic heterocycles. The maximum Gasteiger partial charge on any atom is 0.339 e. The quantitative estimate of drug-likeness (QED) is 0.758. The lowest BCUT2D eigenvalue weighted by atomic mass is 10.1. The van der Waals surface area contributed by atoms with E-state index in [0.29, 0.717) is 6.54 Å². The van der Waals surface area contributed by atoms with Crippen LogP contribution in [0.1, 0.15) is 29.6 Å². The molecule has 130 valence electrons. The van der Waals surface area contributed by atoms with Crippen molar-refractivity contribution in [2.75, 3.05) is 13.7 Å². The molecule has 1 aromatic carbocycles. The highest BCUT2D eigenvalue weighted by Gasteiger charge is 2.30. The van der Waals surface area contributed by atoms with Gasteiger partial charge in [-0.25, -0.2) is 17.9 Å². The van der Waals surface area contributed by atoms with E-state index < -0.39 is 16.0 Å². The molecule has 0 amide bonds. The lowest BCUT2D eigenvalue weighted by Gasteiger charge is -2.19. The van der Waals surface area contributed by atoms with Crippen molar-refractivity contribution in [1.82, 2.24) is 4.72 Å². The summed E-state index contributed by atoms with van der Waals surface area (Å²) >= 11 is 5.97. The van der Waals surface area contributed by atoms with Crippen LogP contribution in [0.25, 0.3) is 0 Å². The number of hydrogen-bond donors (Lipinski definition) is 2. The predicted molar refractivity (Wildman–Crippen MR) is 90.5 cm³/mol. The molecule has 6 nitrogen and oxygen atoms in total. The Morgan fingerprint density at radius 1 is 1.43 bits per heavy atom. The number of carbonyl (C=O) groups excluding carboxylic acids is 1. The monoisotopic (exact) mass is 382 g/mol. The first-order valence-electron chi connectivity index (χ1n) is 6.99. The molecule has 2 atom stereocenters. The third-order valence-electron chi connectivity index (χ3n) is 3.92. The molecule has 0 spiro atoms. The zero-order chi connectivity index (χ0) is 16.3. The van der Waals surface area contributed by atoms with Gasteiger partial charge in [-0.3, -0.25) is 0 Å². The number of nitrogens with one attached hydrogen (secondary N) is 1. The van der Waals surface area contributed by atoms with Crippen LogP contribution in [0.2, 0.25) is 5.02 Å². The Morgan fingerprint density at radius 3 is 2.70 bits per heavy atom. The van der Waals surface area contributed by atoms with Gasteiger partial charge in [0.2, 0.25) is 10.0 Å². The number of methoxy groups -OCH3 is 1. The second-order valence-corrected chi connectivity index (χ2v) is 7.41. The van der Waals surface area contributed by atoms with Gasteiger partial charge in [-0.15, -0.1) is 12.4 Å². The number of sulfonamides is 1. The normalized spacial score (nSPS) is 20.8. The topological polar surface area (TPSA) is 98.5 Å². The minimum absolute atomic E-state index is 0. The van der Waals surface area contributed by atoms with E-state index in [0.717, 1.165) is 19.3 Å². The van der Waals surface area contributed by atoms with Crippen molar-refractivity contribution < 1.29 is 17.9 Å². The molecular weight excluding hydrogens is 363 g/mol. The van der Waals surface area contributed by atoms with Crippen molar-refractivity contribution in [2.45, 2.75) is 30.2 Å². The van der Waals surface area contributed by atoms with Gasteiger partial charge in [-0.1, -0.05) is 18.0 Å². The molecule has 1 saturated carbocycles. The molecule has 0 radical (unpaired) electrons. The van der Waals surface area contributed by atoms with Gasteiger partial charge in [0.15, 0.2) is 0 Å². The van der Waals surface area contributed by atoms with E-state index in [1.807, 2.05) is 0 Å². The summed E-state index contributed by atoms with van der Waals surface area (Å²) in [5, 5.41) is 0.0384. The van der Waals surface area contributed by atoms with E-state index in [9.17, 15) is 13.2 Å². The summed E-state index contributed by atoms with van der Waals surface area (Å²) < 4.78 is 32.1. The zero-order valence-corrected chi connectivity index (χ0v) is 15.0. The molecule has 2 unspecified atom stereocenters. The maximum absolute atomic E-state index is 12.4. The second kappa shape index (κ2) is 8.30. The van der Waals surface area contributed by atoms with Crippen LogP contribution in [0.4, 0.5) is 0 Å². The number of hydrogen-bond acceptors (Lipinski definition) is 5. The smallest absolute Gasteiger partial charge is 0.339 e. The first-order chi connectivity index (χ1) is 10.4. The van der Waals surface area contributed by atoms with Gasteiger partial charge in [0, 0.05) is 6.04 Å². The fraction of sp³-hybridized carbons (Fsp3) is 0.500. The molecule has 1 fully saturated rings. The van der Waals surface area contributed by atoms with Crippen molar-refractivity contribution in [3.63, 3.8) is 0 Å². The summed E-state index contributed by atoms with van der Waals surface area (Å²) in [5.74, 6) is -0.458. The largest absolute Gasteiger partial charge is 0.465 e. The van der Waals surface area contributed by atoms with Gasteiger partial charge < -0.3 is 10.5 Å². The fourth-order valence-corrected chi connectivity index (χ4v) is 4.37. The van der Waals surface area contributed by atoms with E-state index in [1.165, 1.54) is 25.3 Å². The summed E-state index contributed by atoms with van der Waals surface area (Å²) in [7, 11) is -2.47. The second-order valence-electron chi connectivity index (χ2n) is 5.29. The van der Waals surface area contributed by atoms with E-state index in [2.05, 4.69) is 9.46 Å². The van der Waals surface area contributed by atoms with Crippen molar-refractivity contribution in [2.24, 2.45) is 11.7 Å².